The van der Waals surface area contributed by atoms with Crippen LogP contribution in [0.15, 0.2) is 24.3 Å². The van der Waals surface area contributed by atoms with Crippen LogP contribution in [0.25, 0.3) is 0 Å². The maximum Gasteiger partial charge on any atom is 0.411 e. The van der Waals surface area contributed by atoms with Crippen LogP contribution in [0, 0.1) is 0 Å². The molecule has 0 radical (unpaired) electrons. The Morgan fingerprint density at radius 2 is 1.73 bits per heavy atom. The van der Waals surface area contributed by atoms with Crippen molar-refractivity contribution < 1.29 is 19.1 Å². The lowest BCUT2D eigenvalue weighted by Gasteiger charge is -2.20. The maximum atomic E-state index is 12.1. The van der Waals surface area contributed by atoms with E-state index in [1.807, 2.05) is 4.90 Å². The van der Waals surface area contributed by atoms with Crippen LogP contribution in [-0.4, -0.2) is 43.7 Å². The summed E-state index contributed by atoms with van der Waals surface area (Å²) in [4.78, 5) is 25.0. The van der Waals surface area contributed by atoms with Crippen LogP contribution in [0.3, 0.4) is 0 Å². The molecule has 6 heteroatoms. The van der Waals surface area contributed by atoms with Crippen LogP contribution in [0.4, 0.5) is 10.5 Å². The third-order valence-electron chi connectivity index (χ3n) is 3.61. The van der Waals surface area contributed by atoms with Gasteiger partial charge in [0.15, 0.2) is 6.61 Å². The number of nitrogens with zero attached hydrogens (tertiary/aromatic N) is 1. The number of hydrogen-bond donors (Lipinski definition) is 1. The number of methoxy groups -OCH3 is 1. The van der Waals surface area contributed by atoms with Crippen LogP contribution in [0.1, 0.15) is 25.7 Å². The zero-order chi connectivity index (χ0) is 15.8. The fourth-order valence-electron chi connectivity index (χ4n) is 2.36. The predicted molar refractivity (Wildman–Crippen MR) is 83.0 cm³/mol. The van der Waals surface area contributed by atoms with Gasteiger partial charge in [0.05, 0.1) is 7.11 Å². The van der Waals surface area contributed by atoms with E-state index in [2.05, 4.69) is 10.1 Å². The average Bonchev–Trinajstić information content (AvgIpc) is 2.83. The van der Waals surface area contributed by atoms with Gasteiger partial charge in [0.2, 0.25) is 0 Å². The topological polar surface area (TPSA) is 67.9 Å². The number of hydrogen-bond acceptors (Lipinski definition) is 4. The first-order chi connectivity index (χ1) is 10.7. The highest BCUT2D eigenvalue weighted by molar-refractivity contribution is 5.84. The molecule has 0 unspecified atom stereocenters. The van der Waals surface area contributed by atoms with Gasteiger partial charge in [0, 0.05) is 18.8 Å². The number of anilines is 1. The van der Waals surface area contributed by atoms with Gasteiger partial charge in [-0.1, -0.05) is 12.8 Å². The van der Waals surface area contributed by atoms with Gasteiger partial charge in [-0.05, 0) is 37.1 Å². The van der Waals surface area contributed by atoms with Crippen LogP contribution >= 0.6 is 0 Å². The summed E-state index contributed by atoms with van der Waals surface area (Å²) < 4.78 is 10.0. The lowest BCUT2D eigenvalue weighted by molar-refractivity contribution is -0.133. The van der Waals surface area contributed by atoms with E-state index < -0.39 is 6.09 Å². The molecule has 1 aliphatic rings. The van der Waals surface area contributed by atoms with Crippen molar-refractivity contribution in [2.24, 2.45) is 0 Å². The van der Waals surface area contributed by atoms with E-state index in [4.69, 9.17) is 4.74 Å². The molecule has 120 valence electrons. The summed E-state index contributed by atoms with van der Waals surface area (Å²) in [6, 6.07) is 6.81. The number of rotatable bonds is 4. The minimum absolute atomic E-state index is 0.0265. The first-order valence-electron chi connectivity index (χ1n) is 7.54. The third-order valence-corrected chi connectivity index (χ3v) is 3.61. The largest absolute Gasteiger partial charge is 0.484 e. The molecule has 0 aromatic heterocycles. The van der Waals surface area contributed by atoms with Gasteiger partial charge in [0.25, 0.3) is 5.91 Å². The van der Waals surface area contributed by atoms with E-state index in [0.717, 1.165) is 25.9 Å². The fourth-order valence-corrected chi connectivity index (χ4v) is 2.36. The molecular weight excluding hydrogens is 284 g/mol. The lowest BCUT2D eigenvalue weighted by atomic mass is 10.2. The summed E-state index contributed by atoms with van der Waals surface area (Å²) in [5.74, 6) is 0.622. The molecule has 0 saturated carbocycles. The van der Waals surface area contributed by atoms with E-state index in [1.165, 1.54) is 20.0 Å². The van der Waals surface area contributed by atoms with Crippen molar-refractivity contribution >= 4 is 17.7 Å². The number of benzene rings is 1. The van der Waals surface area contributed by atoms with E-state index in [0.29, 0.717) is 11.4 Å². The molecule has 2 rings (SSSR count). The van der Waals surface area contributed by atoms with Gasteiger partial charge in [0.1, 0.15) is 5.75 Å². The highest BCUT2D eigenvalue weighted by atomic mass is 16.5. The molecule has 0 aliphatic carbocycles. The van der Waals surface area contributed by atoms with Crippen molar-refractivity contribution in [3.63, 3.8) is 0 Å². The Labute approximate surface area is 130 Å². The SMILES string of the molecule is COC(=O)Nc1ccc(OCC(=O)N2CCCCCC2)cc1. The molecule has 1 aromatic carbocycles. The minimum atomic E-state index is -0.523. The van der Waals surface area contributed by atoms with Gasteiger partial charge >= 0.3 is 6.09 Å². The molecule has 1 fully saturated rings. The highest BCUT2D eigenvalue weighted by Gasteiger charge is 2.15. The van der Waals surface area contributed by atoms with Crippen LogP contribution in [0.5, 0.6) is 5.75 Å². The first kappa shape index (κ1) is 16.1. The number of carbonyl (C=O) groups excluding carboxylic acids is 2. The molecule has 1 aliphatic heterocycles. The van der Waals surface area contributed by atoms with Crippen molar-refractivity contribution in [1.82, 2.24) is 4.90 Å². The van der Waals surface area contributed by atoms with Gasteiger partial charge in [-0.2, -0.15) is 0 Å². The summed E-state index contributed by atoms with van der Waals surface area (Å²) in [5, 5.41) is 2.55. The van der Waals surface area contributed by atoms with Gasteiger partial charge < -0.3 is 14.4 Å². The number of nitrogens with one attached hydrogen (secondary N) is 1. The summed E-state index contributed by atoms with van der Waals surface area (Å²) >= 11 is 0. The highest BCUT2D eigenvalue weighted by Crippen LogP contribution is 2.16. The molecule has 1 saturated heterocycles. The second-order valence-corrected chi connectivity index (χ2v) is 5.22. The van der Waals surface area contributed by atoms with Gasteiger partial charge in [-0.25, -0.2) is 4.79 Å². The smallest absolute Gasteiger partial charge is 0.411 e. The van der Waals surface area contributed by atoms with Crippen molar-refractivity contribution in [2.45, 2.75) is 25.7 Å². The standard InChI is InChI=1S/C16H22N2O4/c1-21-16(20)17-13-6-8-14(9-7-13)22-12-15(19)18-10-4-2-3-5-11-18/h6-9H,2-5,10-12H2,1H3,(H,17,20). The summed E-state index contributed by atoms with van der Waals surface area (Å²) in [6.45, 7) is 1.69. The van der Waals surface area contributed by atoms with Crippen molar-refractivity contribution in [1.29, 1.82) is 0 Å². The second-order valence-electron chi connectivity index (χ2n) is 5.22. The first-order valence-corrected chi connectivity index (χ1v) is 7.54. The fraction of sp³-hybridized carbons (Fsp3) is 0.500. The molecule has 0 atom stereocenters. The van der Waals surface area contributed by atoms with Crippen LogP contribution < -0.4 is 10.1 Å². The Balaban J connectivity index is 1.80. The summed E-state index contributed by atoms with van der Waals surface area (Å²) in [6.07, 6.45) is 4.00. The Kier molecular flexibility index (Phi) is 6.06. The van der Waals surface area contributed by atoms with Crippen LogP contribution in [-0.2, 0) is 9.53 Å². The van der Waals surface area contributed by atoms with Crippen molar-refractivity contribution in [3.8, 4) is 5.75 Å². The van der Waals surface area contributed by atoms with Gasteiger partial charge in [-0.3, -0.25) is 10.1 Å². The number of likely N-dealkylation sites (tertiary alicyclic amines) is 1. The average molecular weight is 306 g/mol. The molecule has 1 N–H and O–H groups in total. The Bertz CT molecular complexity index is 493. The lowest BCUT2D eigenvalue weighted by Crippen LogP contribution is -2.35. The monoisotopic (exact) mass is 306 g/mol. The number of ether oxygens (including phenoxy) is 2. The predicted octanol–water partition coefficient (Wildman–Crippen LogP) is 2.65. The summed E-state index contributed by atoms with van der Waals surface area (Å²) in [5.41, 5.74) is 0.609. The molecule has 0 spiro atoms. The Morgan fingerprint density at radius 3 is 2.32 bits per heavy atom. The molecule has 22 heavy (non-hydrogen) atoms. The van der Waals surface area contributed by atoms with Gasteiger partial charge in [-0.15, -0.1) is 0 Å². The van der Waals surface area contributed by atoms with E-state index in [1.54, 1.807) is 24.3 Å². The maximum absolute atomic E-state index is 12.1. The summed E-state index contributed by atoms with van der Waals surface area (Å²) in [7, 11) is 1.31. The number of carbonyl (C=O) groups is 2. The molecule has 6 nitrogen and oxygen atoms in total. The van der Waals surface area contributed by atoms with Crippen molar-refractivity contribution in [2.75, 3.05) is 32.1 Å². The van der Waals surface area contributed by atoms with E-state index in [9.17, 15) is 9.59 Å². The normalized spacial score (nSPS) is 14.9. The molecule has 2 amide bonds. The second kappa shape index (κ2) is 8.26. The van der Waals surface area contributed by atoms with E-state index in [-0.39, 0.29) is 12.5 Å². The minimum Gasteiger partial charge on any atom is -0.484 e. The quantitative estimate of drug-likeness (QED) is 0.928. The molecule has 1 aromatic rings. The zero-order valence-electron chi connectivity index (χ0n) is 12.8. The molecule has 0 bridgehead atoms. The van der Waals surface area contributed by atoms with Crippen LogP contribution in [0.2, 0.25) is 0 Å². The Hall–Kier alpha value is -2.24. The zero-order valence-corrected chi connectivity index (χ0v) is 12.8. The third kappa shape index (κ3) is 4.95. The Morgan fingerprint density at radius 1 is 1.09 bits per heavy atom. The van der Waals surface area contributed by atoms with E-state index >= 15 is 0 Å². The molecular formula is C16H22N2O4. The molecule has 1 heterocycles. The van der Waals surface area contributed by atoms with Crippen molar-refractivity contribution in [3.05, 3.63) is 24.3 Å². The number of amides is 2.